The average molecular weight is 427 g/mol. The van der Waals surface area contributed by atoms with Gasteiger partial charge in [-0.1, -0.05) is 12.1 Å². The van der Waals surface area contributed by atoms with Crippen LogP contribution in [-0.2, 0) is 11.3 Å². The SMILES string of the molecule is COc1cc(CN2CC(C(=O)NC3CC3)CC(c3ccc(F)c(C)c3)C2)cc(OC)c1. The molecule has 1 saturated heterocycles. The molecule has 0 radical (unpaired) electrons. The van der Waals surface area contributed by atoms with E-state index in [1.165, 1.54) is 6.07 Å². The summed E-state index contributed by atoms with van der Waals surface area (Å²) in [7, 11) is 3.29. The fraction of sp³-hybridized carbons (Fsp3) is 0.480. The molecule has 2 unspecified atom stereocenters. The van der Waals surface area contributed by atoms with Crippen molar-refractivity contribution in [3.63, 3.8) is 0 Å². The van der Waals surface area contributed by atoms with E-state index in [1.54, 1.807) is 21.1 Å². The van der Waals surface area contributed by atoms with E-state index in [0.717, 1.165) is 48.4 Å². The van der Waals surface area contributed by atoms with Gasteiger partial charge in [-0.15, -0.1) is 0 Å². The minimum Gasteiger partial charge on any atom is -0.497 e. The predicted octanol–water partition coefficient (Wildman–Crippen LogP) is 4.04. The molecule has 31 heavy (non-hydrogen) atoms. The zero-order valence-electron chi connectivity index (χ0n) is 18.5. The Hall–Kier alpha value is -2.60. The first-order valence-corrected chi connectivity index (χ1v) is 11.0. The highest BCUT2D eigenvalue weighted by molar-refractivity contribution is 5.79. The number of piperidine rings is 1. The van der Waals surface area contributed by atoms with E-state index in [2.05, 4.69) is 10.2 Å². The summed E-state index contributed by atoms with van der Waals surface area (Å²) in [6.07, 6.45) is 2.93. The fourth-order valence-corrected chi connectivity index (χ4v) is 4.44. The molecule has 1 aliphatic carbocycles. The largest absolute Gasteiger partial charge is 0.497 e. The fourth-order valence-electron chi connectivity index (χ4n) is 4.44. The number of benzene rings is 2. The highest BCUT2D eigenvalue weighted by Gasteiger charge is 2.35. The van der Waals surface area contributed by atoms with Gasteiger partial charge in [-0.2, -0.15) is 0 Å². The first-order chi connectivity index (χ1) is 14.9. The van der Waals surface area contributed by atoms with Crippen LogP contribution in [0, 0.1) is 18.7 Å². The smallest absolute Gasteiger partial charge is 0.224 e. The third kappa shape index (κ3) is 5.37. The van der Waals surface area contributed by atoms with E-state index in [9.17, 15) is 9.18 Å². The number of carbonyl (C=O) groups is 1. The predicted molar refractivity (Wildman–Crippen MR) is 118 cm³/mol. The molecule has 166 valence electrons. The molecule has 1 heterocycles. The van der Waals surface area contributed by atoms with Crippen molar-refractivity contribution in [2.75, 3.05) is 27.3 Å². The first kappa shape index (κ1) is 21.6. The molecule has 6 heteroatoms. The summed E-state index contributed by atoms with van der Waals surface area (Å²) in [5.41, 5.74) is 2.82. The molecule has 0 bridgehead atoms. The lowest BCUT2D eigenvalue weighted by atomic mass is 9.83. The van der Waals surface area contributed by atoms with Gasteiger partial charge in [-0.3, -0.25) is 9.69 Å². The zero-order chi connectivity index (χ0) is 22.0. The summed E-state index contributed by atoms with van der Waals surface area (Å²) in [6, 6.07) is 11.5. The number of nitrogens with one attached hydrogen (secondary N) is 1. The Kier molecular flexibility index (Phi) is 6.46. The number of ether oxygens (including phenoxy) is 2. The number of rotatable bonds is 7. The number of halogens is 1. The van der Waals surface area contributed by atoms with Crippen LogP contribution in [0.3, 0.4) is 0 Å². The van der Waals surface area contributed by atoms with Gasteiger partial charge in [-0.05, 0) is 67.0 Å². The molecule has 2 fully saturated rings. The van der Waals surface area contributed by atoms with E-state index in [-0.39, 0.29) is 23.6 Å². The van der Waals surface area contributed by atoms with Gasteiger partial charge in [0.25, 0.3) is 0 Å². The highest BCUT2D eigenvalue weighted by Crippen LogP contribution is 2.33. The van der Waals surface area contributed by atoms with Crippen LogP contribution in [0.4, 0.5) is 4.39 Å². The molecule has 1 saturated carbocycles. The summed E-state index contributed by atoms with van der Waals surface area (Å²) in [5.74, 6) is 1.54. The van der Waals surface area contributed by atoms with Crippen molar-refractivity contribution in [2.45, 2.75) is 44.7 Å². The Labute approximate surface area is 183 Å². The number of hydrogen-bond donors (Lipinski definition) is 1. The van der Waals surface area contributed by atoms with Crippen molar-refractivity contribution in [3.8, 4) is 11.5 Å². The van der Waals surface area contributed by atoms with Crippen molar-refractivity contribution in [2.24, 2.45) is 5.92 Å². The second-order valence-electron chi connectivity index (χ2n) is 8.84. The Morgan fingerprint density at radius 2 is 1.81 bits per heavy atom. The number of hydrogen-bond acceptors (Lipinski definition) is 4. The molecule has 2 aliphatic rings. The molecule has 1 N–H and O–H groups in total. The van der Waals surface area contributed by atoms with Gasteiger partial charge in [0.05, 0.1) is 20.1 Å². The lowest BCUT2D eigenvalue weighted by molar-refractivity contribution is -0.127. The molecule has 0 spiro atoms. The third-order valence-corrected chi connectivity index (χ3v) is 6.29. The Morgan fingerprint density at radius 1 is 1.10 bits per heavy atom. The summed E-state index contributed by atoms with van der Waals surface area (Å²) in [5, 5.41) is 3.17. The van der Waals surface area contributed by atoms with Crippen molar-refractivity contribution < 1.29 is 18.7 Å². The number of aryl methyl sites for hydroxylation is 1. The minimum atomic E-state index is -0.192. The Bertz CT molecular complexity index is 922. The van der Waals surface area contributed by atoms with Gasteiger partial charge in [0, 0.05) is 31.7 Å². The van der Waals surface area contributed by atoms with E-state index >= 15 is 0 Å². The van der Waals surface area contributed by atoms with Gasteiger partial charge in [0.15, 0.2) is 0 Å². The first-order valence-electron chi connectivity index (χ1n) is 11.0. The molecule has 2 aromatic carbocycles. The molecule has 1 aliphatic heterocycles. The molecular formula is C25H31FN2O3. The van der Waals surface area contributed by atoms with E-state index in [4.69, 9.17) is 9.47 Å². The van der Waals surface area contributed by atoms with Crippen LogP contribution in [0.1, 0.15) is 41.9 Å². The maximum absolute atomic E-state index is 13.8. The van der Waals surface area contributed by atoms with Gasteiger partial charge in [0.2, 0.25) is 5.91 Å². The van der Waals surface area contributed by atoms with Crippen LogP contribution < -0.4 is 14.8 Å². The van der Waals surface area contributed by atoms with Crippen LogP contribution in [0.25, 0.3) is 0 Å². The normalized spacial score (nSPS) is 21.5. The molecular weight excluding hydrogens is 395 g/mol. The molecule has 2 atom stereocenters. The van der Waals surface area contributed by atoms with Crippen LogP contribution >= 0.6 is 0 Å². The van der Waals surface area contributed by atoms with Crippen molar-refractivity contribution in [1.82, 2.24) is 10.2 Å². The minimum absolute atomic E-state index is 0.0859. The molecule has 1 amide bonds. The lowest BCUT2D eigenvalue weighted by Crippen LogP contribution is -2.45. The number of likely N-dealkylation sites (tertiary alicyclic amines) is 1. The maximum Gasteiger partial charge on any atom is 0.224 e. The summed E-state index contributed by atoms with van der Waals surface area (Å²) in [6.45, 7) is 4.00. The number of methoxy groups -OCH3 is 2. The maximum atomic E-state index is 13.8. The average Bonchev–Trinajstić information content (AvgIpc) is 3.59. The summed E-state index contributed by atoms with van der Waals surface area (Å²) in [4.78, 5) is 15.2. The standard InChI is InChI=1S/C25H31FN2O3/c1-16-8-18(4-7-24(16)26)19-11-20(25(29)27-21-5-6-21)15-28(14-19)13-17-9-22(30-2)12-23(10-17)31-3/h4,7-10,12,19-21H,5-6,11,13-15H2,1-3H3,(H,27,29). The number of nitrogens with zero attached hydrogens (tertiary/aromatic N) is 1. The number of carbonyl (C=O) groups excluding carboxylic acids is 1. The Morgan fingerprint density at radius 3 is 2.42 bits per heavy atom. The molecule has 0 aromatic heterocycles. The van der Waals surface area contributed by atoms with Crippen LogP contribution in [0.5, 0.6) is 11.5 Å². The second-order valence-corrected chi connectivity index (χ2v) is 8.84. The summed E-state index contributed by atoms with van der Waals surface area (Å²) >= 11 is 0. The Balaban J connectivity index is 1.56. The van der Waals surface area contributed by atoms with Crippen molar-refractivity contribution in [1.29, 1.82) is 0 Å². The molecule has 2 aromatic rings. The van der Waals surface area contributed by atoms with Crippen LogP contribution in [-0.4, -0.2) is 44.2 Å². The van der Waals surface area contributed by atoms with E-state index in [1.807, 2.05) is 30.3 Å². The van der Waals surface area contributed by atoms with Crippen LogP contribution in [0.15, 0.2) is 36.4 Å². The van der Waals surface area contributed by atoms with Gasteiger partial charge < -0.3 is 14.8 Å². The van der Waals surface area contributed by atoms with Gasteiger partial charge in [-0.25, -0.2) is 4.39 Å². The highest BCUT2D eigenvalue weighted by atomic mass is 19.1. The summed E-state index contributed by atoms with van der Waals surface area (Å²) < 4.78 is 24.7. The van der Waals surface area contributed by atoms with Crippen molar-refractivity contribution >= 4 is 5.91 Å². The van der Waals surface area contributed by atoms with Crippen LogP contribution in [0.2, 0.25) is 0 Å². The van der Waals surface area contributed by atoms with E-state index in [0.29, 0.717) is 24.7 Å². The quantitative estimate of drug-likeness (QED) is 0.726. The lowest BCUT2D eigenvalue weighted by Gasteiger charge is -2.37. The molecule has 4 rings (SSSR count). The van der Waals surface area contributed by atoms with Gasteiger partial charge in [0.1, 0.15) is 17.3 Å². The number of amides is 1. The van der Waals surface area contributed by atoms with Crippen molar-refractivity contribution in [3.05, 3.63) is 58.9 Å². The zero-order valence-corrected chi connectivity index (χ0v) is 18.5. The van der Waals surface area contributed by atoms with E-state index < -0.39 is 0 Å². The monoisotopic (exact) mass is 426 g/mol. The third-order valence-electron chi connectivity index (χ3n) is 6.29. The second kappa shape index (κ2) is 9.27. The topological polar surface area (TPSA) is 50.8 Å². The molecule has 5 nitrogen and oxygen atoms in total. The van der Waals surface area contributed by atoms with Gasteiger partial charge >= 0.3 is 0 Å².